The molecule has 1 atom stereocenters. The van der Waals surface area contributed by atoms with Crippen molar-refractivity contribution < 1.29 is 23.0 Å². The molecule has 1 unspecified atom stereocenters. The molecule has 0 fully saturated rings. The van der Waals surface area contributed by atoms with Crippen LogP contribution in [0.4, 0.5) is 13.2 Å². The number of alkyl halides is 3. The third kappa shape index (κ3) is 3.66. The van der Waals surface area contributed by atoms with Gasteiger partial charge in [-0.2, -0.15) is 13.2 Å². The standard InChI is InChI=1S/C15H21F3O2/c1-6-20-12-10(13(19)15(16,17)18)7-9(2)8-11(12)14(3,4)5/h7-8,13,19H,6H2,1-5H3. The van der Waals surface area contributed by atoms with Gasteiger partial charge in [0.05, 0.1) is 6.61 Å². The second-order valence-corrected chi connectivity index (χ2v) is 5.86. The minimum atomic E-state index is -4.71. The molecule has 114 valence electrons. The smallest absolute Gasteiger partial charge is 0.418 e. The van der Waals surface area contributed by atoms with E-state index in [2.05, 4.69) is 0 Å². The van der Waals surface area contributed by atoms with Gasteiger partial charge in [-0.25, -0.2) is 0 Å². The average molecular weight is 290 g/mol. The molecule has 1 aromatic rings. The topological polar surface area (TPSA) is 29.5 Å². The largest absolute Gasteiger partial charge is 0.493 e. The van der Waals surface area contributed by atoms with Crippen LogP contribution in [0.2, 0.25) is 0 Å². The van der Waals surface area contributed by atoms with Crippen LogP contribution in [0.3, 0.4) is 0 Å². The van der Waals surface area contributed by atoms with Crippen molar-refractivity contribution in [2.75, 3.05) is 6.61 Å². The number of hydrogen-bond acceptors (Lipinski definition) is 2. The molecule has 0 saturated carbocycles. The van der Waals surface area contributed by atoms with Gasteiger partial charge in [0.15, 0.2) is 6.10 Å². The molecule has 0 heterocycles. The van der Waals surface area contributed by atoms with Crippen molar-refractivity contribution in [1.29, 1.82) is 0 Å². The van der Waals surface area contributed by atoms with Crippen molar-refractivity contribution in [3.05, 3.63) is 28.8 Å². The lowest BCUT2D eigenvalue weighted by atomic mass is 9.83. The second-order valence-electron chi connectivity index (χ2n) is 5.86. The SMILES string of the molecule is CCOc1c(C(O)C(F)(F)F)cc(C)cc1C(C)(C)C. The highest BCUT2D eigenvalue weighted by Crippen LogP contribution is 2.42. The maximum Gasteiger partial charge on any atom is 0.418 e. The summed E-state index contributed by atoms with van der Waals surface area (Å²) in [6.45, 7) is 9.34. The summed E-state index contributed by atoms with van der Waals surface area (Å²) in [4.78, 5) is 0. The van der Waals surface area contributed by atoms with Gasteiger partial charge < -0.3 is 9.84 Å². The van der Waals surface area contributed by atoms with E-state index in [-0.39, 0.29) is 23.3 Å². The Morgan fingerprint density at radius 2 is 1.75 bits per heavy atom. The first kappa shape index (κ1) is 16.8. The summed E-state index contributed by atoms with van der Waals surface area (Å²) < 4.78 is 43.8. The molecule has 0 aliphatic carbocycles. The minimum absolute atomic E-state index is 0.135. The third-order valence-corrected chi connectivity index (χ3v) is 2.96. The van der Waals surface area contributed by atoms with Crippen LogP contribution in [0.25, 0.3) is 0 Å². The summed E-state index contributed by atoms with van der Waals surface area (Å²) in [5, 5.41) is 9.57. The normalized spacial score (nSPS) is 14.2. The second kappa shape index (κ2) is 5.64. The quantitative estimate of drug-likeness (QED) is 0.900. The number of ether oxygens (including phenoxy) is 1. The molecule has 0 spiro atoms. The van der Waals surface area contributed by atoms with Crippen LogP contribution in [0.15, 0.2) is 12.1 Å². The molecule has 0 bridgehead atoms. The lowest BCUT2D eigenvalue weighted by Crippen LogP contribution is -2.23. The maximum absolute atomic E-state index is 12.8. The Balaban J connectivity index is 3.54. The number of benzene rings is 1. The number of aliphatic hydroxyl groups excluding tert-OH is 1. The molecule has 1 N–H and O–H groups in total. The summed E-state index contributed by atoms with van der Waals surface area (Å²) in [5.41, 5.74) is 0.731. The van der Waals surface area contributed by atoms with Crippen molar-refractivity contribution in [1.82, 2.24) is 0 Å². The molecule has 0 aliphatic heterocycles. The van der Waals surface area contributed by atoms with Crippen LogP contribution in [-0.2, 0) is 5.41 Å². The molecule has 0 amide bonds. The van der Waals surface area contributed by atoms with Crippen molar-refractivity contribution in [3.8, 4) is 5.75 Å². The van der Waals surface area contributed by atoms with Crippen LogP contribution in [0, 0.1) is 6.92 Å². The fraction of sp³-hybridized carbons (Fsp3) is 0.600. The number of aliphatic hydroxyl groups is 1. The number of halogens is 3. The molecule has 0 aromatic heterocycles. The first-order valence-corrected chi connectivity index (χ1v) is 6.51. The van der Waals surface area contributed by atoms with Gasteiger partial charge >= 0.3 is 6.18 Å². The van der Waals surface area contributed by atoms with Gasteiger partial charge in [-0.3, -0.25) is 0 Å². The highest BCUT2D eigenvalue weighted by atomic mass is 19.4. The number of hydrogen-bond donors (Lipinski definition) is 1. The van der Waals surface area contributed by atoms with E-state index in [1.54, 1.807) is 19.9 Å². The summed E-state index contributed by atoms with van der Waals surface area (Å²) in [5.74, 6) is 0.135. The van der Waals surface area contributed by atoms with E-state index < -0.39 is 12.3 Å². The predicted molar refractivity (Wildman–Crippen MR) is 72.1 cm³/mol. The van der Waals surface area contributed by atoms with Crippen LogP contribution in [0.5, 0.6) is 5.75 Å². The van der Waals surface area contributed by atoms with E-state index in [1.165, 1.54) is 6.07 Å². The molecular weight excluding hydrogens is 269 g/mol. The predicted octanol–water partition coefficient (Wildman–Crippen LogP) is 4.29. The number of rotatable bonds is 3. The molecule has 0 saturated heterocycles. The Labute approximate surface area is 117 Å². The first-order valence-electron chi connectivity index (χ1n) is 6.51. The fourth-order valence-corrected chi connectivity index (χ4v) is 2.04. The Bertz CT molecular complexity index is 473. The van der Waals surface area contributed by atoms with Crippen LogP contribution in [0.1, 0.15) is 50.5 Å². The van der Waals surface area contributed by atoms with Crippen molar-refractivity contribution in [3.63, 3.8) is 0 Å². The van der Waals surface area contributed by atoms with E-state index in [1.807, 2.05) is 20.8 Å². The number of aryl methyl sites for hydroxylation is 1. The lowest BCUT2D eigenvalue weighted by molar-refractivity contribution is -0.207. The summed E-state index contributed by atoms with van der Waals surface area (Å²) in [6.07, 6.45) is -7.25. The van der Waals surface area contributed by atoms with E-state index in [4.69, 9.17) is 4.74 Å². The molecule has 5 heteroatoms. The van der Waals surface area contributed by atoms with E-state index in [0.717, 1.165) is 0 Å². The van der Waals surface area contributed by atoms with Gasteiger partial charge in [-0.15, -0.1) is 0 Å². The fourth-order valence-electron chi connectivity index (χ4n) is 2.04. The third-order valence-electron chi connectivity index (χ3n) is 2.96. The molecule has 20 heavy (non-hydrogen) atoms. The molecule has 0 aliphatic rings. The van der Waals surface area contributed by atoms with Gasteiger partial charge in [-0.1, -0.05) is 32.4 Å². The summed E-state index contributed by atoms with van der Waals surface area (Å²) in [7, 11) is 0. The molecule has 1 aromatic carbocycles. The Morgan fingerprint density at radius 3 is 2.15 bits per heavy atom. The average Bonchev–Trinajstić information content (AvgIpc) is 2.27. The molecule has 0 radical (unpaired) electrons. The maximum atomic E-state index is 12.8. The van der Waals surface area contributed by atoms with Gasteiger partial charge in [0.25, 0.3) is 0 Å². The first-order chi connectivity index (χ1) is 8.98. The van der Waals surface area contributed by atoms with Gasteiger partial charge in [-0.05, 0) is 25.3 Å². The molecule has 1 rings (SSSR count). The van der Waals surface area contributed by atoms with Crippen LogP contribution >= 0.6 is 0 Å². The van der Waals surface area contributed by atoms with E-state index >= 15 is 0 Å². The molecular formula is C15H21F3O2. The highest BCUT2D eigenvalue weighted by Gasteiger charge is 2.42. The molecule has 2 nitrogen and oxygen atoms in total. The zero-order valence-corrected chi connectivity index (χ0v) is 12.4. The monoisotopic (exact) mass is 290 g/mol. The Hall–Kier alpha value is -1.23. The summed E-state index contributed by atoms with van der Waals surface area (Å²) in [6, 6.07) is 3.13. The van der Waals surface area contributed by atoms with Gasteiger partial charge in [0.1, 0.15) is 5.75 Å². The zero-order valence-electron chi connectivity index (χ0n) is 12.4. The summed E-state index contributed by atoms with van der Waals surface area (Å²) >= 11 is 0. The van der Waals surface area contributed by atoms with Crippen LogP contribution in [-0.4, -0.2) is 17.9 Å². The van der Waals surface area contributed by atoms with E-state index in [9.17, 15) is 18.3 Å². The minimum Gasteiger partial charge on any atom is -0.493 e. The Kier molecular flexibility index (Phi) is 4.74. The van der Waals surface area contributed by atoms with Gasteiger partial charge in [0, 0.05) is 11.1 Å². The van der Waals surface area contributed by atoms with Gasteiger partial charge in [0.2, 0.25) is 0 Å². The lowest BCUT2D eigenvalue weighted by Gasteiger charge is -2.27. The van der Waals surface area contributed by atoms with E-state index in [0.29, 0.717) is 11.1 Å². The van der Waals surface area contributed by atoms with Crippen molar-refractivity contribution in [2.45, 2.75) is 52.3 Å². The Morgan fingerprint density at radius 1 is 1.20 bits per heavy atom. The highest BCUT2D eigenvalue weighted by molar-refractivity contribution is 5.49. The van der Waals surface area contributed by atoms with Crippen molar-refractivity contribution >= 4 is 0 Å². The van der Waals surface area contributed by atoms with Crippen LogP contribution < -0.4 is 4.74 Å². The van der Waals surface area contributed by atoms with Crippen molar-refractivity contribution in [2.24, 2.45) is 0 Å². The zero-order chi connectivity index (χ0) is 15.7.